The van der Waals surface area contributed by atoms with Crippen LogP contribution in [-0.2, 0) is 6.54 Å². The Morgan fingerprint density at radius 2 is 2.53 bits per heavy atom. The highest BCUT2D eigenvalue weighted by atomic mass is 16.3. The van der Waals surface area contributed by atoms with E-state index in [0.29, 0.717) is 11.3 Å². The van der Waals surface area contributed by atoms with Crippen LogP contribution in [0.1, 0.15) is 21.9 Å². The maximum absolute atomic E-state index is 11.2. The lowest BCUT2D eigenvalue weighted by molar-refractivity contribution is 0.0953. The van der Waals surface area contributed by atoms with Crippen molar-refractivity contribution in [3.8, 4) is 6.07 Å². The second kappa shape index (κ2) is 4.46. The molecule has 0 spiro atoms. The van der Waals surface area contributed by atoms with Crippen LogP contribution >= 0.6 is 0 Å². The molecule has 2 aromatic rings. The first-order valence-electron chi connectivity index (χ1n) is 4.61. The molecule has 0 aliphatic rings. The third-order valence-corrected chi connectivity index (χ3v) is 2.00. The minimum Gasteiger partial charge on any atom is -0.467 e. The summed E-state index contributed by atoms with van der Waals surface area (Å²) in [5, 5.41) is 12.4. The lowest BCUT2D eigenvalue weighted by Crippen LogP contribution is -2.29. The fourth-order valence-electron chi connectivity index (χ4n) is 1.25. The van der Waals surface area contributed by atoms with Crippen LogP contribution in [-0.4, -0.2) is 20.7 Å². The number of carbonyl (C=O) groups is 1. The Kier molecular flexibility index (Phi) is 2.85. The van der Waals surface area contributed by atoms with Crippen molar-refractivity contribution in [2.45, 2.75) is 6.54 Å². The molecule has 0 saturated carbocycles. The number of nitriles is 1. The van der Waals surface area contributed by atoms with Gasteiger partial charge in [0.05, 0.1) is 5.56 Å². The fourth-order valence-corrected chi connectivity index (χ4v) is 1.25. The Morgan fingerprint density at radius 3 is 3.18 bits per heavy atom. The van der Waals surface area contributed by atoms with Crippen molar-refractivity contribution < 1.29 is 9.21 Å². The largest absolute Gasteiger partial charge is 0.467 e. The van der Waals surface area contributed by atoms with Crippen LogP contribution in [0.5, 0.6) is 0 Å². The molecule has 0 radical (unpaired) electrons. The van der Waals surface area contributed by atoms with Crippen LogP contribution in [0.15, 0.2) is 23.1 Å². The maximum Gasteiger partial charge on any atom is 0.268 e. The van der Waals surface area contributed by atoms with Gasteiger partial charge in [0.2, 0.25) is 0 Å². The number of nitrogens with two attached hydrogens (primary N) is 1. The van der Waals surface area contributed by atoms with E-state index < -0.39 is 5.91 Å². The van der Waals surface area contributed by atoms with Gasteiger partial charge in [0.15, 0.2) is 0 Å². The number of nitrogens with one attached hydrogen (secondary N) is 1. The molecule has 1 amide bonds. The van der Waals surface area contributed by atoms with Crippen LogP contribution in [0.25, 0.3) is 0 Å². The number of aromatic nitrogens is 3. The highest BCUT2D eigenvalue weighted by Crippen LogP contribution is 2.08. The summed E-state index contributed by atoms with van der Waals surface area (Å²) in [7, 11) is 0. The first-order chi connectivity index (χ1) is 8.22. The Balaban J connectivity index is 2.11. The van der Waals surface area contributed by atoms with E-state index in [0.717, 1.165) is 0 Å². The smallest absolute Gasteiger partial charge is 0.268 e. The summed E-state index contributed by atoms with van der Waals surface area (Å²) in [6.07, 6.45) is 2.70. The van der Waals surface area contributed by atoms with Gasteiger partial charge in [-0.25, -0.2) is 15.5 Å². The number of amides is 1. The number of carbonyl (C=O) groups excluding carboxylic acids is 1. The molecule has 0 bridgehead atoms. The van der Waals surface area contributed by atoms with Gasteiger partial charge in [-0.3, -0.25) is 10.2 Å². The molecule has 8 nitrogen and oxygen atoms in total. The number of hydrogen-bond acceptors (Lipinski definition) is 6. The summed E-state index contributed by atoms with van der Waals surface area (Å²) >= 11 is 0. The predicted octanol–water partition coefficient (Wildman–Crippen LogP) is -0.605. The molecule has 0 saturated heterocycles. The minimum absolute atomic E-state index is 0.0801. The van der Waals surface area contributed by atoms with E-state index >= 15 is 0 Å². The molecular weight excluding hydrogens is 224 g/mol. The van der Waals surface area contributed by atoms with Gasteiger partial charge in [0.25, 0.3) is 11.7 Å². The topological polar surface area (TPSA) is 123 Å². The van der Waals surface area contributed by atoms with E-state index in [9.17, 15) is 4.79 Å². The summed E-state index contributed by atoms with van der Waals surface area (Å²) < 4.78 is 6.58. The second-order valence-electron chi connectivity index (χ2n) is 3.15. The minimum atomic E-state index is -0.434. The summed E-state index contributed by atoms with van der Waals surface area (Å²) in [4.78, 5) is 14.9. The highest BCUT2D eigenvalue weighted by Gasteiger charge is 2.09. The van der Waals surface area contributed by atoms with Crippen LogP contribution in [0.3, 0.4) is 0 Å². The second-order valence-corrected chi connectivity index (χ2v) is 3.15. The molecular formula is C9H8N6O2. The molecule has 2 heterocycles. The zero-order chi connectivity index (χ0) is 12.3. The number of rotatable bonds is 3. The molecule has 2 rings (SSSR count). The van der Waals surface area contributed by atoms with Gasteiger partial charge in [0, 0.05) is 0 Å². The quantitative estimate of drug-likeness (QED) is 0.413. The molecule has 2 aromatic heterocycles. The number of hydrazine groups is 1. The molecule has 17 heavy (non-hydrogen) atoms. The SMILES string of the molecule is N#Cc1ncn(Cc2cc(C(=O)NN)co2)n1. The van der Waals surface area contributed by atoms with E-state index in [4.69, 9.17) is 15.5 Å². The molecule has 0 aromatic carbocycles. The molecule has 3 N–H and O–H groups in total. The summed E-state index contributed by atoms with van der Waals surface area (Å²) in [6, 6.07) is 3.35. The number of nitrogens with zero attached hydrogens (tertiary/aromatic N) is 4. The van der Waals surface area contributed by atoms with Crippen molar-refractivity contribution >= 4 is 5.91 Å². The predicted molar refractivity (Wildman–Crippen MR) is 54.2 cm³/mol. The molecule has 86 valence electrons. The summed E-state index contributed by atoms with van der Waals surface area (Å²) in [5.74, 6) is 5.14. The first-order valence-corrected chi connectivity index (χ1v) is 4.61. The fraction of sp³-hybridized carbons (Fsp3) is 0.111. The lowest BCUT2D eigenvalue weighted by Gasteiger charge is -1.94. The average molecular weight is 232 g/mol. The van der Waals surface area contributed by atoms with Gasteiger partial charge >= 0.3 is 0 Å². The lowest BCUT2D eigenvalue weighted by atomic mass is 10.3. The van der Waals surface area contributed by atoms with Crippen molar-refractivity contribution in [3.05, 3.63) is 35.8 Å². The summed E-state index contributed by atoms with van der Waals surface area (Å²) in [5.41, 5.74) is 2.32. The van der Waals surface area contributed by atoms with Crippen LogP contribution in [0.4, 0.5) is 0 Å². The van der Waals surface area contributed by atoms with Gasteiger partial charge in [-0.15, -0.1) is 5.10 Å². The third-order valence-electron chi connectivity index (χ3n) is 2.00. The Labute approximate surface area is 95.6 Å². The van der Waals surface area contributed by atoms with Crippen molar-refractivity contribution in [3.63, 3.8) is 0 Å². The number of hydrogen-bond donors (Lipinski definition) is 2. The van der Waals surface area contributed by atoms with Crippen molar-refractivity contribution in [2.75, 3.05) is 0 Å². The average Bonchev–Trinajstić information content (AvgIpc) is 2.97. The molecule has 0 aliphatic carbocycles. The number of furan rings is 1. The Bertz CT molecular complexity index is 578. The monoisotopic (exact) mass is 232 g/mol. The molecule has 0 fully saturated rings. The van der Waals surface area contributed by atoms with Gasteiger partial charge in [-0.2, -0.15) is 5.26 Å². The third kappa shape index (κ3) is 2.30. The van der Waals surface area contributed by atoms with Crippen molar-refractivity contribution in [1.29, 1.82) is 5.26 Å². The van der Waals surface area contributed by atoms with Crippen LogP contribution < -0.4 is 11.3 Å². The standard InChI is InChI=1S/C9H8N6O2/c10-2-8-12-5-15(14-8)3-7-1-6(4-17-7)9(16)13-11/h1,4-5H,3,11H2,(H,13,16). The molecule has 8 heteroatoms. The highest BCUT2D eigenvalue weighted by molar-refractivity contribution is 5.93. The Hall–Kier alpha value is -2.66. The van der Waals surface area contributed by atoms with Crippen molar-refractivity contribution in [1.82, 2.24) is 20.2 Å². The summed E-state index contributed by atoms with van der Waals surface area (Å²) in [6.45, 7) is 0.284. The van der Waals surface area contributed by atoms with Gasteiger partial charge < -0.3 is 4.42 Å². The van der Waals surface area contributed by atoms with Crippen molar-refractivity contribution in [2.24, 2.45) is 5.84 Å². The van der Waals surface area contributed by atoms with Gasteiger partial charge in [-0.1, -0.05) is 0 Å². The van der Waals surface area contributed by atoms with E-state index in [1.165, 1.54) is 23.3 Å². The van der Waals surface area contributed by atoms with Crippen LogP contribution in [0, 0.1) is 11.3 Å². The number of nitrogen functional groups attached to an aromatic ring is 1. The zero-order valence-corrected chi connectivity index (χ0v) is 8.62. The molecule has 0 aliphatic heterocycles. The maximum atomic E-state index is 11.2. The van der Waals surface area contributed by atoms with E-state index in [2.05, 4.69) is 10.1 Å². The normalized spacial score (nSPS) is 9.88. The van der Waals surface area contributed by atoms with Gasteiger partial charge in [-0.05, 0) is 6.07 Å². The first kappa shape index (κ1) is 10.8. The zero-order valence-electron chi connectivity index (χ0n) is 8.62. The van der Waals surface area contributed by atoms with Gasteiger partial charge in [0.1, 0.15) is 31.0 Å². The van der Waals surface area contributed by atoms with E-state index in [1.807, 2.05) is 11.5 Å². The molecule has 0 atom stereocenters. The van der Waals surface area contributed by atoms with Crippen LogP contribution in [0.2, 0.25) is 0 Å². The molecule has 0 unspecified atom stereocenters. The Morgan fingerprint density at radius 1 is 1.71 bits per heavy atom. The van der Waals surface area contributed by atoms with E-state index in [-0.39, 0.29) is 12.4 Å². The van der Waals surface area contributed by atoms with E-state index in [1.54, 1.807) is 0 Å².